The molecule has 0 radical (unpaired) electrons. The molecule has 3 aliphatic rings. The van der Waals surface area contributed by atoms with Crippen molar-refractivity contribution in [3.8, 4) is 11.4 Å². The van der Waals surface area contributed by atoms with Crippen LogP contribution in [-0.2, 0) is 44.4 Å². The fraction of sp³-hybridized carbons (Fsp3) is 0.371. The molecule has 8 nitrogen and oxygen atoms in total. The second-order valence-electron chi connectivity index (χ2n) is 12.0. The second-order valence-corrected chi connectivity index (χ2v) is 12.0. The summed E-state index contributed by atoms with van der Waals surface area (Å²) in [5.41, 5.74) is 3.29. The van der Waals surface area contributed by atoms with Crippen LogP contribution in [0.15, 0.2) is 71.5 Å². The number of carbonyl (C=O) groups is 2. The number of cyclic esters (lactones) is 1. The Balaban J connectivity index is 1.12. The Bertz CT molecular complexity index is 1780. The maximum Gasteiger partial charge on any atom is 0.355 e. The summed E-state index contributed by atoms with van der Waals surface area (Å²) in [7, 11) is 0. The van der Waals surface area contributed by atoms with Gasteiger partial charge in [0.25, 0.3) is 5.56 Å². The van der Waals surface area contributed by atoms with E-state index in [1.54, 1.807) is 11.5 Å². The predicted octanol–water partition coefficient (Wildman–Crippen LogP) is 5.32. The molecule has 0 N–H and O–H groups in total. The number of fused-ring (bicyclic) bond motifs is 5. The van der Waals surface area contributed by atoms with Crippen LogP contribution in [-0.4, -0.2) is 39.5 Å². The molecule has 1 saturated heterocycles. The van der Waals surface area contributed by atoms with Crippen LogP contribution in [0.1, 0.15) is 61.3 Å². The Hall–Kier alpha value is -4.30. The molecule has 0 amide bonds. The van der Waals surface area contributed by atoms with Crippen LogP contribution < -0.4 is 5.56 Å². The van der Waals surface area contributed by atoms with E-state index in [1.165, 1.54) is 5.56 Å². The van der Waals surface area contributed by atoms with Crippen LogP contribution in [0.4, 0.5) is 0 Å². The van der Waals surface area contributed by atoms with Gasteiger partial charge in [-0.3, -0.25) is 14.5 Å². The lowest BCUT2D eigenvalue weighted by atomic mass is 9.85. The zero-order valence-electron chi connectivity index (χ0n) is 24.4. The van der Waals surface area contributed by atoms with E-state index in [4.69, 9.17) is 14.5 Å². The van der Waals surface area contributed by atoms with Gasteiger partial charge in [-0.1, -0.05) is 55.5 Å². The Morgan fingerprint density at radius 1 is 1.09 bits per heavy atom. The first-order chi connectivity index (χ1) is 20.9. The number of ether oxygens (including phenoxy) is 2. The summed E-state index contributed by atoms with van der Waals surface area (Å²) in [6.07, 6.45) is 3.20. The van der Waals surface area contributed by atoms with Crippen molar-refractivity contribution in [3.63, 3.8) is 0 Å². The van der Waals surface area contributed by atoms with Crippen LogP contribution in [0.2, 0.25) is 0 Å². The summed E-state index contributed by atoms with van der Waals surface area (Å²) in [5.74, 6) is -0.702. The molecule has 8 heteroatoms. The summed E-state index contributed by atoms with van der Waals surface area (Å²) < 4.78 is 13.2. The van der Waals surface area contributed by atoms with E-state index in [9.17, 15) is 14.4 Å². The molecule has 0 saturated carbocycles. The van der Waals surface area contributed by atoms with Crippen LogP contribution in [0.3, 0.4) is 0 Å². The van der Waals surface area contributed by atoms with E-state index >= 15 is 0 Å². The number of hydrogen-bond acceptors (Lipinski definition) is 7. The minimum atomic E-state index is -1.66. The molecule has 7 rings (SSSR count). The molecule has 0 bridgehead atoms. The zero-order chi connectivity index (χ0) is 29.6. The number of nitrogens with zero attached hydrogens (tertiary/aromatic N) is 3. The molecule has 0 aliphatic carbocycles. The van der Waals surface area contributed by atoms with Crippen LogP contribution in [0, 0.1) is 5.92 Å². The first-order valence-electron chi connectivity index (χ1n) is 15.3. The molecular weight excluding hydrogens is 542 g/mol. The number of para-hydroxylation sites is 1. The lowest BCUT2D eigenvalue weighted by Crippen LogP contribution is -2.47. The normalized spacial score (nSPS) is 21.1. The van der Waals surface area contributed by atoms with Gasteiger partial charge in [0.2, 0.25) is 5.60 Å². The summed E-state index contributed by atoms with van der Waals surface area (Å²) in [6, 6.07) is 22.2. The van der Waals surface area contributed by atoms with Gasteiger partial charge >= 0.3 is 11.9 Å². The predicted molar refractivity (Wildman–Crippen MR) is 162 cm³/mol. The number of aromatic nitrogens is 2. The molecule has 2 aromatic carbocycles. The lowest BCUT2D eigenvalue weighted by molar-refractivity contribution is -0.189. The Labute approximate surface area is 250 Å². The van der Waals surface area contributed by atoms with Gasteiger partial charge in [-0.05, 0) is 61.9 Å². The highest BCUT2D eigenvalue weighted by Gasteiger charge is 2.50. The summed E-state index contributed by atoms with van der Waals surface area (Å²) >= 11 is 0. The van der Waals surface area contributed by atoms with Crippen molar-refractivity contribution >= 4 is 22.8 Å². The van der Waals surface area contributed by atoms with Gasteiger partial charge in [0.1, 0.15) is 6.61 Å². The van der Waals surface area contributed by atoms with Gasteiger partial charge in [-0.15, -0.1) is 0 Å². The first kappa shape index (κ1) is 27.5. The Morgan fingerprint density at radius 3 is 2.74 bits per heavy atom. The van der Waals surface area contributed by atoms with E-state index in [-0.39, 0.29) is 25.0 Å². The number of rotatable bonds is 7. The van der Waals surface area contributed by atoms with Crippen molar-refractivity contribution in [3.05, 3.63) is 99.3 Å². The van der Waals surface area contributed by atoms with Gasteiger partial charge in [0.15, 0.2) is 0 Å². The van der Waals surface area contributed by atoms with Gasteiger partial charge in [-0.25, -0.2) is 9.78 Å². The number of piperidine rings is 1. The van der Waals surface area contributed by atoms with Gasteiger partial charge in [-0.2, -0.15) is 0 Å². The number of carbonyl (C=O) groups excluding carboxylic acids is 2. The van der Waals surface area contributed by atoms with Crippen molar-refractivity contribution < 1.29 is 19.1 Å². The van der Waals surface area contributed by atoms with Crippen LogP contribution in [0.5, 0.6) is 0 Å². The maximum absolute atomic E-state index is 13.8. The topological polar surface area (TPSA) is 90.7 Å². The fourth-order valence-corrected chi connectivity index (χ4v) is 7.02. The molecular formula is C35H35N3O5. The van der Waals surface area contributed by atoms with Crippen molar-refractivity contribution in [2.75, 3.05) is 13.1 Å². The monoisotopic (exact) mass is 577 g/mol. The third-order valence-electron chi connectivity index (χ3n) is 9.28. The number of esters is 2. The minimum Gasteiger partial charge on any atom is -0.457 e. The molecule has 1 fully saturated rings. The van der Waals surface area contributed by atoms with E-state index < -0.39 is 17.5 Å². The van der Waals surface area contributed by atoms with Crippen molar-refractivity contribution in [1.82, 2.24) is 14.5 Å². The summed E-state index contributed by atoms with van der Waals surface area (Å²) in [5, 5.41) is 1.00. The Kier molecular flexibility index (Phi) is 7.09. The summed E-state index contributed by atoms with van der Waals surface area (Å²) in [6.45, 7) is 4.91. The maximum atomic E-state index is 13.8. The molecule has 4 aromatic rings. The third-order valence-corrected chi connectivity index (χ3v) is 9.28. The number of hydrogen-bond donors (Lipinski definition) is 0. The standard InChI is InChI=1S/C35H35N3O5/c1-2-35(43-31(39)15-14-24-11-8-16-37(20-24)19-23-9-4-3-5-10-23)28-18-30-32-26(17-25-12-6-7-13-29(25)36-32)21-38(30)33(40)27(28)22-42-34(35)41/h3-7,9-10,12-13,17-18,24H,2,8,11,14-16,19-22H2,1H3. The van der Waals surface area contributed by atoms with E-state index in [2.05, 4.69) is 35.2 Å². The zero-order valence-corrected chi connectivity index (χ0v) is 24.4. The third kappa shape index (κ3) is 4.93. The van der Waals surface area contributed by atoms with Gasteiger partial charge < -0.3 is 14.0 Å². The molecule has 220 valence electrons. The van der Waals surface area contributed by atoms with Crippen molar-refractivity contribution in [2.24, 2.45) is 5.92 Å². The molecule has 2 atom stereocenters. The molecule has 43 heavy (non-hydrogen) atoms. The van der Waals surface area contributed by atoms with Crippen LogP contribution >= 0.6 is 0 Å². The van der Waals surface area contributed by atoms with Gasteiger partial charge in [0.05, 0.1) is 29.0 Å². The minimum absolute atomic E-state index is 0.141. The quantitative estimate of drug-likeness (QED) is 0.242. The Morgan fingerprint density at radius 2 is 1.91 bits per heavy atom. The number of likely N-dealkylation sites (tertiary alicyclic amines) is 1. The average molecular weight is 578 g/mol. The molecule has 2 aromatic heterocycles. The van der Waals surface area contributed by atoms with E-state index in [0.717, 1.165) is 48.9 Å². The largest absolute Gasteiger partial charge is 0.457 e. The molecule has 2 unspecified atom stereocenters. The molecule has 3 aliphatic heterocycles. The first-order valence-corrected chi connectivity index (χ1v) is 15.3. The van der Waals surface area contributed by atoms with Crippen molar-refractivity contribution in [2.45, 2.75) is 64.3 Å². The molecule has 0 spiro atoms. The lowest BCUT2D eigenvalue weighted by Gasteiger charge is -2.36. The van der Waals surface area contributed by atoms with E-state index in [1.807, 2.05) is 36.4 Å². The highest BCUT2D eigenvalue weighted by atomic mass is 16.6. The smallest absolute Gasteiger partial charge is 0.355 e. The van der Waals surface area contributed by atoms with E-state index in [0.29, 0.717) is 41.4 Å². The summed E-state index contributed by atoms with van der Waals surface area (Å²) in [4.78, 5) is 47.8. The average Bonchev–Trinajstić information content (AvgIpc) is 3.39. The van der Waals surface area contributed by atoms with Gasteiger partial charge in [0, 0.05) is 36.0 Å². The van der Waals surface area contributed by atoms with Crippen LogP contribution in [0.25, 0.3) is 22.3 Å². The number of pyridine rings is 2. The SMILES string of the molecule is CCC1(OC(=O)CCC2CCCN(Cc3ccccc3)C2)C(=O)OCc2c1cc1n(c2=O)Cc2cc3ccccc3nc2-1. The van der Waals surface area contributed by atoms with Crippen molar-refractivity contribution in [1.29, 1.82) is 0 Å². The fourth-order valence-electron chi connectivity index (χ4n) is 7.02. The second kappa shape index (κ2) is 11.1. The molecule has 5 heterocycles. The highest BCUT2D eigenvalue weighted by Crippen LogP contribution is 2.41. The number of benzene rings is 2. The highest BCUT2D eigenvalue weighted by molar-refractivity contribution is 5.88.